The Morgan fingerprint density at radius 2 is 2.00 bits per heavy atom. The molecule has 2 nitrogen and oxygen atoms in total. The standard InChI is InChI=1S/C16H31NO/c1-16(11-4-3-5-12-16)15(17-2)10-6-8-14-9-7-13-18-14/h14-15,17H,3-13H2,1-2H3. The lowest BCUT2D eigenvalue weighted by Gasteiger charge is -2.41. The van der Waals surface area contributed by atoms with Crippen molar-refractivity contribution >= 4 is 0 Å². The summed E-state index contributed by atoms with van der Waals surface area (Å²) in [7, 11) is 2.15. The number of ether oxygens (including phenoxy) is 1. The Bertz CT molecular complexity index is 229. The maximum atomic E-state index is 5.72. The first kappa shape index (κ1) is 14.3. The van der Waals surface area contributed by atoms with Gasteiger partial charge in [-0.1, -0.05) is 26.2 Å². The average Bonchev–Trinajstić information content (AvgIpc) is 2.88. The third-order valence-electron chi connectivity index (χ3n) is 5.23. The predicted octanol–water partition coefficient (Wildman–Crippen LogP) is 3.89. The highest BCUT2D eigenvalue weighted by atomic mass is 16.5. The third kappa shape index (κ3) is 3.71. The summed E-state index contributed by atoms with van der Waals surface area (Å²) in [5.74, 6) is 0. The summed E-state index contributed by atoms with van der Waals surface area (Å²) in [5, 5.41) is 3.60. The normalized spacial score (nSPS) is 29.3. The number of nitrogens with one attached hydrogen (secondary N) is 1. The molecule has 1 saturated carbocycles. The van der Waals surface area contributed by atoms with Crippen molar-refractivity contribution in [3.8, 4) is 0 Å². The molecule has 0 radical (unpaired) electrons. The third-order valence-corrected chi connectivity index (χ3v) is 5.23. The van der Waals surface area contributed by atoms with E-state index in [9.17, 15) is 0 Å². The van der Waals surface area contributed by atoms with Gasteiger partial charge >= 0.3 is 0 Å². The topological polar surface area (TPSA) is 21.3 Å². The largest absolute Gasteiger partial charge is 0.378 e. The molecule has 0 bridgehead atoms. The molecule has 2 fully saturated rings. The van der Waals surface area contributed by atoms with Crippen LogP contribution in [0.4, 0.5) is 0 Å². The number of rotatable bonds is 6. The SMILES string of the molecule is CNC(CCCC1CCCO1)C1(C)CCCCC1. The fraction of sp³-hybridized carbons (Fsp3) is 1.00. The van der Waals surface area contributed by atoms with Crippen LogP contribution in [0.5, 0.6) is 0 Å². The molecule has 0 aromatic rings. The molecular formula is C16H31NO. The van der Waals surface area contributed by atoms with Crippen LogP contribution in [0, 0.1) is 5.41 Å². The van der Waals surface area contributed by atoms with Crippen LogP contribution in [0.2, 0.25) is 0 Å². The van der Waals surface area contributed by atoms with Crippen molar-refractivity contribution < 1.29 is 4.74 Å². The van der Waals surface area contributed by atoms with Crippen molar-refractivity contribution in [1.82, 2.24) is 5.32 Å². The zero-order valence-electron chi connectivity index (χ0n) is 12.3. The second-order valence-corrected chi connectivity index (χ2v) is 6.62. The molecule has 1 heterocycles. The van der Waals surface area contributed by atoms with Crippen molar-refractivity contribution in [3.63, 3.8) is 0 Å². The molecule has 1 N–H and O–H groups in total. The van der Waals surface area contributed by atoms with Gasteiger partial charge in [-0.05, 0) is 57.4 Å². The number of hydrogen-bond donors (Lipinski definition) is 1. The van der Waals surface area contributed by atoms with Crippen LogP contribution in [0.25, 0.3) is 0 Å². The minimum atomic E-state index is 0.545. The van der Waals surface area contributed by atoms with Crippen LogP contribution in [-0.2, 0) is 4.74 Å². The van der Waals surface area contributed by atoms with Crippen LogP contribution in [0.1, 0.15) is 71.1 Å². The van der Waals surface area contributed by atoms with Crippen LogP contribution in [0.3, 0.4) is 0 Å². The lowest BCUT2D eigenvalue weighted by atomic mass is 9.69. The van der Waals surface area contributed by atoms with Gasteiger partial charge in [-0.15, -0.1) is 0 Å². The van der Waals surface area contributed by atoms with E-state index in [1.54, 1.807) is 0 Å². The van der Waals surface area contributed by atoms with Crippen molar-refractivity contribution in [2.24, 2.45) is 5.41 Å². The Labute approximate surface area is 113 Å². The zero-order chi connectivity index (χ0) is 12.8. The molecular weight excluding hydrogens is 222 g/mol. The van der Waals surface area contributed by atoms with Gasteiger partial charge in [-0.25, -0.2) is 0 Å². The fourth-order valence-electron chi connectivity index (χ4n) is 3.97. The van der Waals surface area contributed by atoms with Gasteiger partial charge in [0, 0.05) is 12.6 Å². The smallest absolute Gasteiger partial charge is 0.0576 e. The molecule has 0 spiro atoms. The van der Waals surface area contributed by atoms with E-state index >= 15 is 0 Å². The predicted molar refractivity (Wildman–Crippen MR) is 76.9 cm³/mol. The highest BCUT2D eigenvalue weighted by molar-refractivity contribution is 4.89. The molecule has 0 aromatic heterocycles. The summed E-state index contributed by atoms with van der Waals surface area (Å²) in [6.45, 7) is 3.50. The molecule has 0 aromatic carbocycles. The van der Waals surface area contributed by atoms with E-state index in [0.29, 0.717) is 17.6 Å². The second kappa shape index (κ2) is 6.91. The quantitative estimate of drug-likeness (QED) is 0.775. The maximum absolute atomic E-state index is 5.72. The summed E-state index contributed by atoms with van der Waals surface area (Å²) in [6, 6.07) is 0.708. The Kier molecular flexibility index (Phi) is 5.50. The summed E-state index contributed by atoms with van der Waals surface area (Å²) >= 11 is 0. The van der Waals surface area contributed by atoms with E-state index in [1.807, 2.05) is 0 Å². The van der Waals surface area contributed by atoms with Gasteiger partial charge in [0.2, 0.25) is 0 Å². The molecule has 1 aliphatic heterocycles. The summed E-state index contributed by atoms with van der Waals surface area (Å²) in [5.41, 5.74) is 0.545. The van der Waals surface area contributed by atoms with Gasteiger partial charge in [0.15, 0.2) is 0 Å². The van der Waals surface area contributed by atoms with E-state index < -0.39 is 0 Å². The molecule has 2 unspecified atom stereocenters. The van der Waals surface area contributed by atoms with E-state index in [4.69, 9.17) is 4.74 Å². The summed E-state index contributed by atoms with van der Waals surface area (Å²) < 4.78 is 5.72. The Balaban J connectivity index is 1.73. The van der Waals surface area contributed by atoms with Crippen molar-refractivity contribution in [1.29, 1.82) is 0 Å². The maximum Gasteiger partial charge on any atom is 0.0576 e. The van der Waals surface area contributed by atoms with Gasteiger partial charge in [0.25, 0.3) is 0 Å². The molecule has 1 aliphatic carbocycles. The van der Waals surface area contributed by atoms with E-state index in [-0.39, 0.29) is 0 Å². The lowest BCUT2D eigenvalue weighted by molar-refractivity contribution is 0.0948. The fourth-order valence-corrected chi connectivity index (χ4v) is 3.97. The van der Waals surface area contributed by atoms with Gasteiger partial charge in [-0.3, -0.25) is 0 Å². The lowest BCUT2D eigenvalue weighted by Crippen LogP contribution is -2.43. The highest BCUT2D eigenvalue weighted by Gasteiger charge is 2.34. The Hall–Kier alpha value is -0.0800. The van der Waals surface area contributed by atoms with E-state index in [2.05, 4.69) is 19.3 Å². The highest BCUT2D eigenvalue weighted by Crippen LogP contribution is 2.40. The minimum absolute atomic E-state index is 0.545. The average molecular weight is 253 g/mol. The summed E-state index contributed by atoms with van der Waals surface area (Å²) in [6.07, 6.45) is 14.2. The van der Waals surface area contributed by atoms with Gasteiger partial charge < -0.3 is 10.1 Å². The van der Waals surface area contributed by atoms with Crippen LogP contribution in [-0.4, -0.2) is 25.8 Å². The van der Waals surface area contributed by atoms with Crippen LogP contribution >= 0.6 is 0 Å². The van der Waals surface area contributed by atoms with Gasteiger partial charge in [0.05, 0.1) is 6.10 Å². The van der Waals surface area contributed by atoms with Crippen LogP contribution in [0.15, 0.2) is 0 Å². The van der Waals surface area contributed by atoms with Gasteiger partial charge in [-0.2, -0.15) is 0 Å². The van der Waals surface area contributed by atoms with E-state index in [1.165, 1.54) is 64.2 Å². The van der Waals surface area contributed by atoms with Crippen LogP contribution < -0.4 is 5.32 Å². The second-order valence-electron chi connectivity index (χ2n) is 6.62. The van der Waals surface area contributed by atoms with Crippen molar-refractivity contribution in [2.75, 3.05) is 13.7 Å². The summed E-state index contributed by atoms with van der Waals surface area (Å²) in [4.78, 5) is 0. The van der Waals surface area contributed by atoms with Crippen molar-refractivity contribution in [3.05, 3.63) is 0 Å². The molecule has 1 saturated heterocycles. The molecule has 0 amide bonds. The minimum Gasteiger partial charge on any atom is -0.378 e. The molecule has 2 atom stereocenters. The molecule has 2 rings (SSSR count). The van der Waals surface area contributed by atoms with Crippen molar-refractivity contribution in [2.45, 2.75) is 83.3 Å². The monoisotopic (exact) mass is 253 g/mol. The van der Waals surface area contributed by atoms with Gasteiger partial charge in [0.1, 0.15) is 0 Å². The molecule has 18 heavy (non-hydrogen) atoms. The zero-order valence-corrected chi connectivity index (χ0v) is 12.3. The van der Waals surface area contributed by atoms with E-state index in [0.717, 1.165) is 6.61 Å². The first-order chi connectivity index (χ1) is 8.74. The molecule has 2 heteroatoms. The molecule has 2 aliphatic rings. The first-order valence-electron chi connectivity index (χ1n) is 8.03. The Morgan fingerprint density at radius 3 is 2.61 bits per heavy atom. The Morgan fingerprint density at radius 1 is 1.22 bits per heavy atom. The first-order valence-corrected chi connectivity index (χ1v) is 8.03. The number of hydrogen-bond acceptors (Lipinski definition) is 2. The molecule has 106 valence electrons.